The van der Waals surface area contributed by atoms with E-state index in [0.717, 1.165) is 35.5 Å². The van der Waals surface area contributed by atoms with Crippen molar-refractivity contribution in [2.24, 2.45) is 0 Å². The van der Waals surface area contributed by atoms with Gasteiger partial charge in [-0.1, -0.05) is 6.07 Å². The largest absolute Gasteiger partial charge is 0.339 e. The van der Waals surface area contributed by atoms with Gasteiger partial charge in [0.1, 0.15) is 11.6 Å². The van der Waals surface area contributed by atoms with Crippen LogP contribution in [0.1, 0.15) is 40.6 Å². The van der Waals surface area contributed by atoms with E-state index in [1.807, 2.05) is 25.3 Å². The van der Waals surface area contributed by atoms with Crippen LogP contribution in [0.2, 0.25) is 0 Å². The quantitative estimate of drug-likeness (QED) is 0.693. The van der Waals surface area contributed by atoms with Crippen molar-refractivity contribution in [1.29, 1.82) is 0 Å². The molecule has 0 radical (unpaired) electrons. The maximum absolute atomic E-state index is 13.4. The van der Waals surface area contributed by atoms with Crippen molar-refractivity contribution in [3.05, 3.63) is 77.9 Å². The minimum absolute atomic E-state index is 0.119. The second-order valence-corrected chi connectivity index (χ2v) is 7.03. The summed E-state index contributed by atoms with van der Waals surface area (Å²) in [6, 6.07) is 9.79. The second-order valence-electron chi connectivity index (χ2n) is 7.03. The molecule has 0 N–H and O–H groups in total. The van der Waals surface area contributed by atoms with Crippen LogP contribution < -0.4 is 0 Å². The molecule has 4 rings (SSSR count). The number of carbonyl (C=O) groups excluding carboxylic acids is 1. The lowest BCUT2D eigenvalue weighted by Crippen LogP contribution is -2.38. The predicted molar refractivity (Wildman–Crippen MR) is 104 cm³/mol. The van der Waals surface area contributed by atoms with E-state index in [2.05, 4.69) is 9.97 Å². The highest BCUT2D eigenvalue weighted by Gasteiger charge is 2.27. The summed E-state index contributed by atoms with van der Waals surface area (Å²) in [7, 11) is 0. The minimum Gasteiger partial charge on any atom is -0.339 e. The van der Waals surface area contributed by atoms with E-state index in [4.69, 9.17) is 4.98 Å². The molecule has 0 spiro atoms. The topological polar surface area (TPSA) is 59.0 Å². The number of hydrogen-bond donors (Lipinski definition) is 0. The average Bonchev–Trinajstić information content (AvgIpc) is 2.74. The zero-order valence-electron chi connectivity index (χ0n) is 15.7. The Morgan fingerprint density at radius 1 is 1.14 bits per heavy atom. The van der Waals surface area contributed by atoms with Crippen molar-refractivity contribution in [2.45, 2.75) is 25.7 Å². The summed E-state index contributed by atoms with van der Waals surface area (Å²) >= 11 is 0. The highest BCUT2D eigenvalue weighted by molar-refractivity contribution is 5.94. The standard InChI is InChI=1S/C22H21FN4O/c1-15-25-14-20(16-5-9-24-10-6-16)21(26-15)17-7-11-27(12-8-17)22(28)18-3-2-4-19(23)13-18/h2-6,9-10,13-14,17H,7-8,11-12H2,1H3. The van der Waals surface area contributed by atoms with E-state index in [9.17, 15) is 9.18 Å². The molecule has 1 aromatic carbocycles. The van der Waals surface area contributed by atoms with Gasteiger partial charge in [-0.05, 0) is 55.7 Å². The number of amides is 1. The molecule has 0 atom stereocenters. The van der Waals surface area contributed by atoms with Gasteiger partial charge >= 0.3 is 0 Å². The molecule has 1 saturated heterocycles. The summed E-state index contributed by atoms with van der Waals surface area (Å²) in [6.45, 7) is 3.14. The maximum atomic E-state index is 13.4. The van der Waals surface area contributed by atoms with Gasteiger partial charge in [-0.3, -0.25) is 9.78 Å². The minimum atomic E-state index is -0.390. The molecule has 3 heterocycles. The van der Waals surface area contributed by atoms with E-state index in [1.54, 1.807) is 29.4 Å². The molecule has 0 unspecified atom stereocenters. The molecular formula is C22H21FN4O. The lowest BCUT2D eigenvalue weighted by atomic mass is 9.89. The van der Waals surface area contributed by atoms with Crippen LogP contribution in [0.5, 0.6) is 0 Å². The van der Waals surface area contributed by atoms with Crippen LogP contribution in [0, 0.1) is 12.7 Å². The van der Waals surface area contributed by atoms with Crippen molar-refractivity contribution in [1.82, 2.24) is 19.9 Å². The average molecular weight is 376 g/mol. The molecule has 1 aliphatic heterocycles. The SMILES string of the molecule is Cc1ncc(-c2ccncc2)c(C2CCN(C(=O)c3cccc(F)c3)CC2)n1. The van der Waals surface area contributed by atoms with Gasteiger partial charge in [-0.15, -0.1) is 0 Å². The van der Waals surface area contributed by atoms with Gasteiger partial charge in [-0.2, -0.15) is 0 Å². The Morgan fingerprint density at radius 3 is 2.61 bits per heavy atom. The molecule has 142 valence electrons. The van der Waals surface area contributed by atoms with Gasteiger partial charge in [0.05, 0.1) is 5.69 Å². The van der Waals surface area contributed by atoms with Gasteiger partial charge in [0.15, 0.2) is 0 Å². The first kappa shape index (κ1) is 18.2. The fraction of sp³-hybridized carbons (Fsp3) is 0.273. The number of nitrogens with zero attached hydrogens (tertiary/aromatic N) is 4. The number of piperidine rings is 1. The van der Waals surface area contributed by atoms with Crippen molar-refractivity contribution in [3.63, 3.8) is 0 Å². The summed E-state index contributed by atoms with van der Waals surface area (Å²) in [6.07, 6.45) is 7.03. The predicted octanol–water partition coefficient (Wildman–Crippen LogP) is 4.01. The maximum Gasteiger partial charge on any atom is 0.253 e. The molecule has 1 fully saturated rings. The Balaban J connectivity index is 1.53. The first-order chi connectivity index (χ1) is 13.6. The van der Waals surface area contributed by atoms with E-state index in [1.165, 1.54) is 12.1 Å². The Hall–Kier alpha value is -3.15. The fourth-order valence-corrected chi connectivity index (χ4v) is 3.71. The third-order valence-electron chi connectivity index (χ3n) is 5.17. The Kier molecular flexibility index (Phi) is 5.10. The van der Waals surface area contributed by atoms with Crippen LogP contribution in [0.25, 0.3) is 11.1 Å². The van der Waals surface area contributed by atoms with Gasteiger partial charge in [0.2, 0.25) is 0 Å². The molecule has 5 nitrogen and oxygen atoms in total. The number of halogens is 1. The third-order valence-corrected chi connectivity index (χ3v) is 5.17. The number of aromatic nitrogens is 3. The lowest BCUT2D eigenvalue weighted by molar-refractivity contribution is 0.0711. The van der Waals surface area contributed by atoms with Crippen LogP contribution in [0.15, 0.2) is 55.0 Å². The molecule has 1 amide bonds. The Bertz CT molecular complexity index is 985. The monoisotopic (exact) mass is 376 g/mol. The summed E-state index contributed by atoms with van der Waals surface area (Å²) in [5.41, 5.74) is 3.48. The molecule has 0 bridgehead atoms. The molecule has 2 aromatic heterocycles. The zero-order chi connectivity index (χ0) is 19.5. The molecule has 0 saturated carbocycles. The lowest BCUT2D eigenvalue weighted by Gasteiger charge is -2.32. The fourth-order valence-electron chi connectivity index (χ4n) is 3.71. The van der Waals surface area contributed by atoms with Gasteiger partial charge in [-0.25, -0.2) is 14.4 Å². The molecule has 6 heteroatoms. The molecule has 1 aliphatic rings. The Morgan fingerprint density at radius 2 is 1.89 bits per heavy atom. The molecular weight excluding hydrogens is 355 g/mol. The number of hydrogen-bond acceptors (Lipinski definition) is 4. The Labute approximate surface area is 163 Å². The van der Waals surface area contributed by atoms with Gasteiger partial charge in [0.25, 0.3) is 5.91 Å². The van der Waals surface area contributed by atoms with E-state index < -0.39 is 0 Å². The molecule has 0 aliphatic carbocycles. The van der Waals surface area contributed by atoms with E-state index in [-0.39, 0.29) is 17.6 Å². The normalized spacial score (nSPS) is 14.9. The summed E-state index contributed by atoms with van der Waals surface area (Å²) in [5.74, 6) is 0.484. The third kappa shape index (κ3) is 3.76. The van der Waals surface area contributed by atoms with E-state index in [0.29, 0.717) is 18.7 Å². The highest BCUT2D eigenvalue weighted by atomic mass is 19.1. The number of pyridine rings is 1. The number of rotatable bonds is 3. The molecule has 28 heavy (non-hydrogen) atoms. The first-order valence-corrected chi connectivity index (χ1v) is 9.40. The van der Waals surface area contributed by atoms with Crippen LogP contribution in [0.3, 0.4) is 0 Å². The number of benzene rings is 1. The summed E-state index contributed by atoms with van der Waals surface area (Å²) < 4.78 is 13.4. The highest BCUT2D eigenvalue weighted by Crippen LogP contribution is 2.34. The van der Waals surface area contributed by atoms with Crippen molar-refractivity contribution >= 4 is 5.91 Å². The van der Waals surface area contributed by atoms with Crippen LogP contribution in [-0.2, 0) is 0 Å². The van der Waals surface area contributed by atoms with Gasteiger partial charge in [0, 0.05) is 48.7 Å². The van der Waals surface area contributed by atoms with Crippen molar-refractivity contribution in [2.75, 3.05) is 13.1 Å². The summed E-state index contributed by atoms with van der Waals surface area (Å²) in [5, 5.41) is 0. The van der Waals surface area contributed by atoms with Gasteiger partial charge < -0.3 is 4.90 Å². The van der Waals surface area contributed by atoms with E-state index >= 15 is 0 Å². The number of likely N-dealkylation sites (tertiary alicyclic amines) is 1. The van der Waals surface area contributed by atoms with Crippen molar-refractivity contribution < 1.29 is 9.18 Å². The number of carbonyl (C=O) groups is 1. The summed E-state index contributed by atoms with van der Waals surface area (Å²) in [4.78, 5) is 27.6. The first-order valence-electron chi connectivity index (χ1n) is 9.40. The molecule has 3 aromatic rings. The van der Waals surface area contributed by atoms with Crippen molar-refractivity contribution in [3.8, 4) is 11.1 Å². The second kappa shape index (κ2) is 7.84. The zero-order valence-corrected chi connectivity index (χ0v) is 15.7. The smallest absolute Gasteiger partial charge is 0.253 e. The van der Waals surface area contributed by atoms with Crippen LogP contribution in [0.4, 0.5) is 4.39 Å². The van der Waals surface area contributed by atoms with Crippen LogP contribution >= 0.6 is 0 Å². The van der Waals surface area contributed by atoms with Crippen LogP contribution in [-0.4, -0.2) is 38.8 Å². The number of aryl methyl sites for hydroxylation is 1.